The van der Waals surface area contributed by atoms with Crippen LogP contribution in [0.4, 0.5) is 5.69 Å². The zero-order chi connectivity index (χ0) is 15.2. The van der Waals surface area contributed by atoms with Gasteiger partial charge in [0.1, 0.15) is 6.33 Å². The summed E-state index contributed by atoms with van der Waals surface area (Å²) in [7, 11) is 1.86. The number of carbonyl (C=O) groups excluding carboxylic acids is 1. The van der Waals surface area contributed by atoms with Crippen LogP contribution in [0, 0.1) is 0 Å². The van der Waals surface area contributed by atoms with E-state index in [0.29, 0.717) is 0 Å². The predicted molar refractivity (Wildman–Crippen MR) is 81.9 cm³/mol. The Balaban J connectivity index is 1.87. The Hall–Kier alpha value is -2.21. The summed E-state index contributed by atoms with van der Waals surface area (Å²) < 4.78 is 1.70. The minimum absolute atomic E-state index is 0.0611. The molecule has 1 amide bonds. The third kappa shape index (κ3) is 4.68. The van der Waals surface area contributed by atoms with Crippen LogP contribution in [0.3, 0.4) is 0 Å². The Bertz CT molecular complexity index is 608. The third-order valence-electron chi connectivity index (χ3n) is 3.15. The van der Waals surface area contributed by atoms with Gasteiger partial charge in [0.15, 0.2) is 5.82 Å². The second-order valence-corrected chi connectivity index (χ2v) is 5.07. The summed E-state index contributed by atoms with van der Waals surface area (Å²) in [6.07, 6.45) is 2.49. The average molecular weight is 287 g/mol. The third-order valence-corrected chi connectivity index (χ3v) is 3.15. The molecule has 112 valence electrons. The number of hydrogen-bond donors (Lipinski definition) is 2. The van der Waals surface area contributed by atoms with Crippen molar-refractivity contribution in [2.75, 3.05) is 11.9 Å². The lowest BCUT2D eigenvalue weighted by Crippen LogP contribution is -2.22. The van der Waals surface area contributed by atoms with Gasteiger partial charge in [-0.2, -0.15) is 5.10 Å². The largest absolute Gasteiger partial charge is 0.326 e. The maximum absolute atomic E-state index is 11.1. The first-order chi connectivity index (χ1) is 10.0. The highest BCUT2D eigenvalue weighted by atomic mass is 16.1. The number of nitrogens with zero attached hydrogens (tertiary/aromatic N) is 3. The SMILES string of the molecule is CC(=O)Nc1cccc(C(C)NCCc2ncn(C)n2)c1. The van der Waals surface area contributed by atoms with Gasteiger partial charge in [-0.3, -0.25) is 9.48 Å². The lowest BCUT2D eigenvalue weighted by Gasteiger charge is -2.15. The molecule has 2 rings (SSSR count). The van der Waals surface area contributed by atoms with Gasteiger partial charge in [0.2, 0.25) is 5.91 Å². The van der Waals surface area contributed by atoms with Gasteiger partial charge in [0, 0.05) is 38.7 Å². The van der Waals surface area contributed by atoms with Crippen molar-refractivity contribution in [2.45, 2.75) is 26.3 Å². The molecule has 0 spiro atoms. The molecular formula is C15H21N5O. The lowest BCUT2D eigenvalue weighted by molar-refractivity contribution is -0.114. The second kappa shape index (κ2) is 6.99. The van der Waals surface area contributed by atoms with Gasteiger partial charge in [-0.05, 0) is 24.6 Å². The Morgan fingerprint density at radius 3 is 2.90 bits per heavy atom. The molecule has 0 aliphatic heterocycles. The first-order valence-corrected chi connectivity index (χ1v) is 7.00. The van der Waals surface area contributed by atoms with E-state index < -0.39 is 0 Å². The summed E-state index contributed by atoms with van der Waals surface area (Å²) in [5, 5.41) is 10.5. The molecular weight excluding hydrogens is 266 g/mol. The summed E-state index contributed by atoms with van der Waals surface area (Å²) in [5.41, 5.74) is 1.95. The smallest absolute Gasteiger partial charge is 0.221 e. The first kappa shape index (κ1) is 15.2. The zero-order valence-corrected chi connectivity index (χ0v) is 12.6. The van der Waals surface area contributed by atoms with Crippen molar-refractivity contribution in [3.05, 3.63) is 42.0 Å². The summed E-state index contributed by atoms with van der Waals surface area (Å²) in [5.74, 6) is 0.776. The molecule has 6 nitrogen and oxygen atoms in total. The number of anilines is 1. The molecule has 0 aliphatic rings. The van der Waals surface area contributed by atoms with Gasteiger partial charge in [0.25, 0.3) is 0 Å². The fourth-order valence-corrected chi connectivity index (χ4v) is 2.11. The molecule has 0 bridgehead atoms. The van der Waals surface area contributed by atoms with Crippen molar-refractivity contribution in [3.8, 4) is 0 Å². The van der Waals surface area contributed by atoms with E-state index in [1.54, 1.807) is 11.0 Å². The van der Waals surface area contributed by atoms with E-state index >= 15 is 0 Å². The van der Waals surface area contributed by atoms with E-state index in [9.17, 15) is 4.79 Å². The van der Waals surface area contributed by atoms with Gasteiger partial charge >= 0.3 is 0 Å². The summed E-state index contributed by atoms with van der Waals surface area (Å²) in [4.78, 5) is 15.3. The van der Waals surface area contributed by atoms with Crippen LogP contribution in [0.2, 0.25) is 0 Å². The number of carbonyl (C=O) groups is 1. The summed E-state index contributed by atoms with van der Waals surface area (Å²) in [6.45, 7) is 4.41. The molecule has 2 aromatic rings. The number of nitrogens with one attached hydrogen (secondary N) is 2. The molecule has 0 fully saturated rings. The highest BCUT2D eigenvalue weighted by molar-refractivity contribution is 5.88. The van der Waals surface area contributed by atoms with Crippen molar-refractivity contribution in [1.82, 2.24) is 20.1 Å². The van der Waals surface area contributed by atoms with E-state index in [1.807, 2.05) is 31.3 Å². The minimum Gasteiger partial charge on any atom is -0.326 e. The topological polar surface area (TPSA) is 71.8 Å². The normalized spacial score (nSPS) is 12.1. The molecule has 1 unspecified atom stereocenters. The van der Waals surface area contributed by atoms with Crippen LogP contribution in [-0.2, 0) is 18.3 Å². The minimum atomic E-state index is -0.0611. The van der Waals surface area contributed by atoms with E-state index in [4.69, 9.17) is 0 Å². The van der Waals surface area contributed by atoms with Gasteiger partial charge in [-0.15, -0.1) is 0 Å². The quantitative estimate of drug-likeness (QED) is 0.847. The van der Waals surface area contributed by atoms with Crippen LogP contribution >= 0.6 is 0 Å². The molecule has 1 aromatic carbocycles. The summed E-state index contributed by atoms with van der Waals surface area (Å²) in [6, 6.07) is 8.05. The van der Waals surface area contributed by atoms with Gasteiger partial charge in [-0.1, -0.05) is 12.1 Å². The van der Waals surface area contributed by atoms with E-state index in [1.165, 1.54) is 6.92 Å². The van der Waals surface area contributed by atoms with E-state index in [-0.39, 0.29) is 11.9 Å². The van der Waals surface area contributed by atoms with Crippen LogP contribution in [0.25, 0.3) is 0 Å². The average Bonchev–Trinajstić information content (AvgIpc) is 2.84. The van der Waals surface area contributed by atoms with Gasteiger partial charge in [-0.25, -0.2) is 4.98 Å². The van der Waals surface area contributed by atoms with E-state index in [2.05, 4.69) is 27.6 Å². The molecule has 0 saturated carbocycles. The van der Waals surface area contributed by atoms with Gasteiger partial charge < -0.3 is 10.6 Å². The van der Waals surface area contributed by atoms with Crippen molar-refractivity contribution in [1.29, 1.82) is 0 Å². The number of benzene rings is 1. The zero-order valence-electron chi connectivity index (χ0n) is 12.6. The standard InChI is InChI=1S/C15H21N5O/c1-11(16-8-7-15-17-10-20(3)19-15)13-5-4-6-14(9-13)18-12(2)21/h4-6,9-11,16H,7-8H2,1-3H3,(H,18,21). The number of aromatic nitrogens is 3. The molecule has 0 aliphatic carbocycles. The first-order valence-electron chi connectivity index (χ1n) is 7.00. The molecule has 21 heavy (non-hydrogen) atoms. The Morgan fingerprint density at radius 2 is 2.24 bits per heavy atom. The summed E-state index contributed by atoms with van der Waals surface area (Å²) >= 11 is 0. The van der Waals surface area contributed by atoms with E-state index in [0.717, 1.165) is 30.0 Å². The fraction of sp³-hybridized carbons (Fsp3) is 0.400. The maximum Gasteiger partial charge on any atom is 0.221 e. The number of rotatable bonds is 6. The molecule has 2 N–H and O–H groups in total. The highest BCUT2D eigenvalue weighted by Gasteiger charge is 2.07. The fourth-order valence-electron chi connectivity index (χ4n) is 2.11. The van der Waals surface area contributed by atoms with Crippen molar-refractivity contribution >= 4 is 11.6 Å². The molecule has 0 radical (unpaired) electrons. The molecule has 1 aromatic heterocycles. The van der Waals surface area contributed by atoms with Crippen molar-refractivity contribution < 1.29 is 4.79 Å². The highest BCUT2D eigenvalue weighted by Crippen LogP contribution is 2.17. The van der Waals surface area contributed by atoms with Crippen LogP contribution in [-0.4, -0.2) is 27.2 Å². The van der Waals surface area contributed by atoms with Gasteiger partial charge in [0.05, 0.1) is 0 Å². The maximum atomic E-state index is 11.1. The Labute approximate surface area is 124 Å². The Kier molecular flexibility index (Phi) is 5.05. The van der Waals surface area contributed by atoms with Crippen LogP contribution < -0.4 is 10.6 Å². The molecule has 6 heteroatoms. The Morgan fingerprint density at radius 1 is 1.43 bits per heavy atom. The van der Waals surface area contributed by atoms with Crippen LogP contribution in [0.5, 0.6) is 0 Å². The predicted octanol–water partition coefficient (Wildman–Crippen LogP) is 1.67. The number of amides is 1. The van der Waals surface area contributed by atoms with Crippen LogP contribution in [0.1, 0.15) is 31.3 Å². The van der Waals surface area contributed by atoms with Crippen molar-refractivity contribution in [2.24, 2.45) is 7.05 Å². The monoisotopic (exact) mass is 287 g/mol. The molecule has 0 saturated heterocycles. The number of hydrogen-bond acceptors (Lipinski definition) is 4. The van der Waals surface area contributed by atoms with Crippen LogP contribution in [0.15, 0.2) is 30.6 Å². The second-order valence-electron chi connectivity index (χ2n) is 5.07. The lowest BCUT2D eigenvalue weighted by atomic mass is 10.1. The molecule has 1 atom stereocenters. The number of aryl methyl sites for hydroxylation is 1. The molecule has 1 heterocycles. The van der Waals surface area contributed by atoms with Crippen molar-refractivity contribution in [3.63, 3.8) is 0 Å².